The molecule has 2 aromatic heterocycles. The highest BCUT2D eigenvalue weighted by atomic mass is 32.1. The number of rotatable bonds is 6. The van der Waals surface area contributed by atoms with Gasteiger partial charge in [0.2, 0.25) is 5.91 Å². The standard InChI is InChI=1S/C20H29N3O2S/c1-12(2)5-7-14(4)22-17(24)10-23-11-21-19-18(20(23)25)15-8-6-13(3)9-16(15)26-19/h11-14H,5-10H2,1-4H3,(H,22,24)/t13-,14+/m1/s1. The van der Waals surface area contributed by atoms with Gasteiger partial charge in [-0.15, -0.1) is 11.3 Å². The van der Waals surface area contributed by atoms with Crippen LogP contribution < -0.4 is 10.9 Å². The predicted octanol–water partition coefficient (Wildman–Crippen LogP) is 3.52. The molecular weight excluding hydrogens is 346 g/mol. The maximum atomic E-state index is 12.9. The lowest BCUT2D eigenvalue weighted by molar-refractivity contribution is -0.122. The number of nitrogens with zero attached hydrogens (tertiary/aromatic N) is 2. The highest BCUT2D eigenvalue weighted by Crippen LogP contribution is 2.35. The van der Waals surface area contributed by atoms with E-state index in [4.69, 9.17) is 0 Å². The van der Waals surface area contributed by atoms with Crippen molar-refractivity contribution in [3.63, 3.8) is 0 Å². The lowest BCUT2D eigenvalue weighted by atomic mass is 9.89. The molecule has 1 aliphatic carbocycles. The number of nitrogens with one attached hydrogen (secondary N) is 1. The summed E-state index contributed by atoms with van der Waals surface area (Å²) in [5, 5.41) is 3.73. The molecule has 0 aromatic carbocycles. The van der Waals surface area contributed by atoms with Crippen molar-refractivity contribution in [1.82, 2.24) is 14.9 Å². The number of amides is 1. The third-order valence-corrected chi connectivity index (χ3v) is 6.34. The van der Waals surface area contributed by atoms with Gasteiger partial charge in [-0.1, -0.05) is 20.8 Å². The van der Waals surface area contributed by atoms with Gasteiger partial charge in [0.25, 0.3) is 5.56 Å². The Bertz CT molecular complexity index is 853. The Balaban J connectivity index is 1.76. The van der Waals surface area contributed by atoms with E-state index in [1.165, 1.54) is 21.3 Å². The molecule has 0 spiro atoms. The molecule has 6 heteroatoms. The molecule has 0 radical (unpaired) electrons. The maximum Gasteiger partial charge on any atom is 0.262 e. The quantitative estimate of drug-likeness (QED) is 0.840. The summed E-state index contributed by atoms with van der Waals surface area (Å²) in [6, 6.07) is 0.118. The monoisotopic (exact) mass is 375 g/mol. The van der Waals surface area contributed by atoms with Crippen molar-refractivity contribution in [2.45, 2.75) is 72.4 Å². The topological polar surface area (TPSA) is 64.0 Å². The summed E-state index contributed by atoms with van der Waals surface area (Å²) in [5.74, 6) is 1.16. The smallest absolute Gasteiger partial charge is 0.262 e. The van der Waals surface area contributed by atoms with Gasteiger partial charge in [0.15, 0.2) is 0 Å². The zero-order valence-corrected chi connectivity index (χ0v) is 17.0. The van der Waals surface area contributed by atoms with E-state index < -0.39 is 0 Å². The molecule has 1 N–H and O–H groups in total. The van der Waals surface area contributed by atoms with Crippen LogP contribution in [0.25, 0.3) is 10.2 Å². The lowest BCUT2D eigenvalue weighted by Crippen LogP contribution is -2.37. The minimum atomic E-state index is -0.123. The summed E-state index contributed by atoms with van der Waals surface area (Å²) in [4.78, 5) is 31.8. The lowest BCUT2D eigenvalue weighted by Gasteiger charge is -2.17. The Morgan fingerprint density at radius 1 is 1.38 bits per heavy atom. The highest BCUT2D eigenvalue weighted by Gasteiger charge is 2.23. The van der Waals surface area contributed by atoms with E-state index in [1.807, 2.05) is 6.92 Å². The summed E-state index contributed by atoms with van der Waals surface area (Å²) < 4.78 is 1.46. The van der Waals surface area contributed by atoms with Gasteiger partial charge >= 0.3 is 0 Å². The molecule has 2 heterocycles. The van der Waals surface area contributed by atoms with Crippen LogP contribution in [-0.2, 0) is 24.2 Å². The summed E-state index contributed by atoms with van der Waals surface area (Å²) >= 11 is 1.64. The van der Waals surface area contributed by atoms with Crippen LogP contribution in [0.3, 0.4) is 0 Å². The molecule has 0 fully saturated rings. The first-order valence-electron chi connectivity index (χ1n) is 9.64. The molecule has 0 unspecified atom stereocenters. The molecule has 3 rings (SSSR count). The highest BCUT2D eigenvalue weighted by molar-refractivity contribution is 7.18. The number of aromatic nitrogens is 2. The number of hydrogen-bond donors (Lipinski definition) is 1. The van der Waals surface area contributed by atoms with Crippen molar-refractivity contribution in [2.75, 3.05) is 0 Å². The first-order valence-corrected chi connectivity index (χ1v) is 10.5. The summed E-state index contributed by atoms with van der Waals surface area (Å²) in [6.07, 6.45) is 6.63. The van der Waals surface area contributed by atoms with E-state index in [0.717, 1.165) is 42.3 Å². The molecule has 2 aromatic rings. The zero-order valence-electron chi connectivity index (χ0n) is 16.2. The number of carbonyl (C=O) groups excluding carboxylic acids is 1. The number of carbonyl (C=O) groups is 1. The molecule has 2 atom stereocenters. The van der Waals surface area contributed by atoms with Crippen LogP contribution >= 0.6 is 11.3 Å². The van der Waals surface area contributed by atoms with Crippen molar-refractivity contribution in [3.8, 4) is 0 Å². The van der Waals surface area contributed by atoms with Crippen molar-refractivity contribution >= 4 is 27.5 Å². The van der Waals surface area contributed by atoms with Gasteiger partial charge in [-0.3, -0.25) is 14.2 Å². The van der Waals surface area contributed by atoms with E-state index in [-0.39, 0.29) is 24.1 Å². The average Bonchev–Trinajstić information content (AvgIpc) is 2.93. The Kier molecular flexibility index (Phi) is 5.80. The maximum absolute atomic E-state index is 12.9. The van der Waals surface area contributed by atoms with Gasteiger partial charge in [0.05, 0.1) is 11.7 Å². The fourth-order valence-electron chi connectivity index (χ4n) is 3.61. The van der Waals surface area contributed by atoms with Crippen molar-refractivity contribution in [2.24, 2.45) is 11.8 Å². The average molecular weight is 376 g/mol. The Morgan fingerprint density at radius 2 is 2.15 bits per heavy atom. The summed E-state index contributed by atoms with van der Waals surface area (Å²) in [6.45, 7) is 8.66. The van der Waals surface area contributed by atoms with Gasteiger partial charge in [0, 0.05) is 10.9 Å². The van der Waals surface area contributed by atoms with Crippen LogP contribution in [0.15, 0.2) is 11.1 Å². The van der Waals surface area contributed by atoms with E-state index in [0.29, 0.717) is 11.8 Å². The second-order valence-electron chi connectivity index (χ2n) is 8.15. The van der Waals surface area contributed by atoms with Gasteiger partial charge < -0.3 is 5.32 Å². The second kappa shape index (κ2) is 7.91. The van der Waals surface area contributed by atoms with Gasteiger partial charge in [-0.2, -0.15) is 0 Å². The van der Waals surface area contributed by atoms with Crippen LogP contribution in [0.5, 0.6) is 0 Å². The number of fused-ring (bicyclic) bond motifs is 3. The summed E-state index contributed by atoms with van der Waals surface area (Å²) in [5.41, 5.74) is 1.09. The zero-order chi connectivity index (χ0) is 18.8. The first-order chi connectivity index (χ1) is 12.3. The molecule has 142 valence electrons. The minimum absolute atomic E-state index is 0.0365. The van der Waals surface area contributed by atoms with Crippen LogP contribution in [0.2, 0.25) is 0 Å². The normalized spacial score (nSPS) is 18.1. The number of thiophene rings is 1. The Hall–Kier alpha value is -1.69. The molecule has 0 saturated heterocycles. The van der Waals surface area contributed by atoms with Crippen molar-refractivity contribution < 1.29 is 4.79 Å². The molecule has 1 amide bonds. The van der Waals surface area contributed by atoms with Crippen molar-refractivity contribution in [1.29, 1.82) is 0 Å². The Morgan fingerprint density at radius 3 is 2.88 bits per heavy atom. The number of aryl methyl sites for hydroxylation is 1. The van der Waals surface area contributed by atoms with Crippen LogP contribution in [0.4, 0.5) is 0 Å². The van der Waals surface area contributed by atoms with E-state index >= 15 is 0 Å². The molecular formula is C20H29N3O2S. The first kappa shape index (κ1) is 19.1. The largest absolute Gasteiger partial charge is 0.352 e. The van der Waals surface area contributed by atoms with E-state index in [1.54, 1.807) is 11.3 Å². The molecule has 0 bridgehead atoms. The molecule has 0 aliphatic heterocycles. The van der Waals surface area contributed by atoms with Crippen molar-refractivity contribution in [3.05, 3.63) is 27.1 Å². The Labute approximate surface area is 158 Å². The van der Waals surface area contributed by atoms with Crippen LogP contribution in [-0.4, -0.2) is 21.5 Å². The second-order valence-corrected chi connectivity index (χ2v) is 9.23. The van der Waals surface area contributed by atoms with Gasteiger partial charge in [-0.25, -0.2) is 4.98 Å². The molecule has 5 nitrogen and oxygen atoms in total. The summed E-state index contributed by atoms with van der Waals surface area (Å²) in [7, 11) is 0. The van der Waals surface area contributed by atoms with Crippen LogP contribution in [0.1, 0.15) is 57.4 Å². The fourth-order valence-corrected chi connectivity index (χ4v) is 4.95. The fraction of sp³-hybridized carbons (Fsp3) is 0.650. The predicted molar refractivity (Wildman–Crippen MR) is 107 cm³/mol. The van der Waals surface area contributed by atoms with E-state index in [2.05, 4.69) is 31.1 Å². The van der Waals surface area contributed by atoms with Crippen LogP contribution in [0, 0.1) is 11.8 Å². The SMILES string of the molecule is CC(C)CC[C@H](C)NC(=O)Cn1cnc2sc3c(c2c1=O)CC[C@@H](C)C3. The number of hydrogen-bond acceptors (Lipinski definition) is 4. The molecule has 1 aliphatic rings. The third-order valence-electron chi connectivity index (χ3n) is 5.18. The molecule has 26 heavy (non-hydrogen) atoms. The van der Waals surface area contributed by atoms with E-state index in [9.17, 15) is 9.59 Å². The third kappa shape index (κ3) is 4.17. The van der Waals surface area contributed by atoms with Gasteiger partial charge in [0.1, 0.15) is 11.4 Å². The van der Waals surface area contributed by atoms with Gasteiger partial charge in [-0.05, 0) is 56.4 Å². The molecule has 0 saturated carbocycles. The minimum Gasteiger partial charge on any atom is -0.352 e.